The third-order valence-corrected chi connectivity index (χ3v) is 2.19. The highest BCUT2D eigenvalue weighted by Crippen LogP contribution is 2.10. The highest BCUT2D eigenvalue weighted by Gasteiger charge is 2.05. The van der Waals surface area contributed by atoms with Crippen LogP contribution >= 0.6 is 0 Å². The Kier molecular flexibility index (Phi) is 3.66. The molecule has 0 atom stereocenters. The van der Waals surface area contributed by atoms with Gasteiger partial charge in [0.15, 0.2) is 11.6 Å². The molecule has 2 heterocycles. The van der Waals surface area contributed by atoms with Crippen LogP contribution in [0.2, 0.25) is 0 Å². The molecular weight excluding hydrogens is 218 g/mol. The van der Waals surface area contributed by atoms with Crippen LogP contribution in [0.15, 0.2) is 24.5 Å². The molecule has 2 aromatic heterocycles. The van der Waals surface area contributed by atoms with Gasteiger partial charge in [0.1, 0.15) is 12.4 Å². The Labute approximate surface area is 99.7 Å². The highest BCUT2D eigenvalue weighted by molar-refractivity contribution is 5.40. The zero-order valence-electron chi connectivity index (χ0n) is 9.92. The van der Waals surface area contributed by atoms with Gasteiger partial charge in [0.2, 0.25) is 0 Å². The fourth-order valence-corrected chi connectivity index (χ4v) is 1.39. The van der Waals surface area contributed by atoms with Gasteiger partial charge in [-0.05, 0) is 13.0 Å². The van der Waals surface area contributed by atoms with Crippen LogP contribution in [0.5, 0.6) is 0 Å². The lowest BCUT2D eigenvalue weighted by atomic mass is 10.5. The number of anilines is 1. The van der Waals surface area contributed by atoms with Crippen molar-refractivity contribution in [1.29, 1.82) is 0 Å². The monoisotopic (exact) mass is 233 g/mol. The van der Waals surface area contributed by atoms with E-state index in [1.807, 2.05) is 32.3 Å². The second-order valence-corrected chi connectivity index (χ2v) is 3.37. The van der Waals surface area contributed by atoms with Crippen LogP contribution in [0.25, 0.3) is 5.82 Å². The quantitative estimate of drug-likeness (QED) is 0.841. The molecule has 0 saturated heterocycles. The summed E-state index contributed by atoms with van der Waals surface area (Å²) in [5.74, 6) is 2.12. The van der Waals surface area contributed by atoms with Gasteiger partial charge in [0, 0.05) is 32.1 Å². The van der Waals surface area contributed by atoms with Crippen LogP contribution in [0.3, 0.4) is 0 Å². The first-order valence-electron chi connectivity index (χ1n) is 5.47. The largest absolute Gasteiger partial charge is 0.374 e. The molecule has 0 unspecified atom stereocenters. The van der Waals surface area contributed by atoms with E-state index < -0.39 is 0 Å². The fraction of sp³-hybridized carbons (Fsp3) is 0.364. The molecule has 2 rings (SSSR count). The molecule has 0 saturated carbocycles. The topological polar surface area (TPSA) is 64.9 Å². The van der Waals surface area contributed by atoms with Crippen molar-refractivity contribution >= 4 is 5.82 Å². The third-order valence-electron chi connectivity index (χ3n) is 2.19. The third kappa shape index (κ3) is 2.79. The lowest BCUT2D eigenvalue weighted by Gasteiger charge is -2.07. The minimum Gasteiger partial charge on any atom is -0.374 e. The molecule has 0 aliphatic rings. The molecule has 0 aromatic carbocycles. The Hall–Kier alpha value is -1.95. The maximum atomic E-state index is 5.31. The second-order valence-electron chi connectivity index (χ2n) is 3.37. The van der Waals surface area contributed by atoms with Crippen LogP contribution in [-0.4, -0.2) is 33.4 Å². The second kappa shape index (κ2) is 5.40. The van der Waals surface area contributed by atoms with Gasteiger partial charge < -0.3 is 10.1 Å². The summed E-state index contributed by atoms with van der Waals surface area (Å²) >= 11 is 0. The van der Waals surface area contributed by atoms with E-state index in [0.717, 1.165) is 11.6 Å². The Morgan fingerprint density at radius 2 is 2.29 bits per heavy atom. The molecule has 0 amide bonds. The van der Waals surface area contributed by atoms with E-state index in [1.54, 1.807) is 10.9 Å². The van der Waals surface area contributed by atoms with Gasteiger partial charge in [0.25, 0.3) is 0 Å². The van der Waals surface area contributed by atoms with Gasteiger partial charge in [-0.2, -0.15) is 5.10 Å². The van der Waals surface area contributed by atoms with Crippen molar-refractivity contribution in [2.24, 2.45) is 0 Å². The van der Waals surface area contributed by atoms with Crippen molar-refractivity contribution in [3.05, 3.63) is 30.4 Å². The number of hydrogen-bond donors (Lipinski definition) is 1. The van der Waals surface area contributed by atoms with Crippen LogP contribution in [-0.2, 0) is 11.3 Å². The van der Waals surface area contributed by atoms with Gasteiger partial charge in [-0.25, -0.2) is 14.6 Å². The van der Waals surface area contributed by atoms with E-state index >= 15 is 0 Å². The van der Waals surface area contributed by atoms with Gasteiger partial charge in [-0.3, -0.25) is 0 Å². The predicted octanol–water partition coefficient (Wildman–Crippen LogP) is 1.24. The molecule has 0 aliphatic heterocycles. The van der Waals surface area contributed by atoms with Crippen LogP contribution in [0.1, 0.15) is 12.7 Å². The Morgan fingerprint density at radius 1 is 1.41 bits per heavy atom. The Bertz CT molecular complexity index is 469. The maximum Gasteiger partial charge on any atom is 0.159 e. The normalized spacial score (nSPS) is 10.5. The van der Waals surface area contributed by atoms with Crippen molar-refractivity contribution in [1.82, 2.24) is 19.7 Å². The molecule has 0 fully saturated rings. The number of nitrogens with one attached hydrogen (secondary N) is 1. The molecule has 90 valence electrons. The summed E-state index contributed by atoms with van der Waals surface area (Å²) < 4.78 is 7.00. The molecular formula is C11H15N5O. The average Bonchev–Trinajstić information content (AvgIpc) is 2.89. The standard InChI is InChI=1S/C11H15N5O/c1-3-17-8-10-14-9(12-2)7-11(15-10)16-6-4-5-13-16/h4-7H,3,8H2,1-2H3,(H,12,14,15). The van der Waals surface area contributed by atoms with Gasteiger partial charge in [-0.15, -0.1) is 0 Å². The van der Waals surface area contributed by atoms with Crippen molar-refractivity contribution in [3.63, 3.8) is 0 Å². The number of ether oxygens (including phenoxy) is 1. The summed E-state index contributed by atoms with van der Waals surface area (Å²) in [5, 5.41) is 7.14. The molecule has 0 bridgehead atoms. The molecule has 1 N–H and O–H groups in total. The Balaban J connectivity index is 2.32. The molecule has 2 aromatic rings. The number of rotatable bonds is 5. The maximum absolute atomic E-state index is 5.31. The number of hydrogen-bond acceptors (Lipinski definition) is 5. The van der Waals surface area contributed by atoms with Gasteiger partial charge in [-0.1, -0.05) is 0 Å². The first-order valence-corrected chi connectivity index (χ1v) is 5.47. The van der Waals surface area contributed by atoms with E-state index in [1.165, 1.54) is 0 Å². The minimum absolute atomic E-state index is 0.403. The van der Waals surface area contributed by atoms with E-state index in [2.05, 4.69) is 20.4 Å². The Morgan fingerprint density at radius 3 is 2.94 bits per heavy atom. The molecule has 0 spiro atoms. The first kappa shape index (κ1) is 11.5. The molecule has 6 nitrogen and oxygen atoms in total. The van der Waals surface area contributed by atoms with Crippen molar-refractivity contribution in [2.75, 3.05) is 19.0 Å². The summed E-state index contributed by atoms with van der Waals surface area (Å²) in [6.07, 6.45) is 3.55. The number of nitrogens with zero attached hydrogens (tertiary/aromatic N) is 4. The van der Waals surface area contributed by atoms with Crippen LogP contribution in [0.4, 0.5) is 5.82 Å². The van der Waals surface area contributed by atoms with Gasteiger partial charge >= 0.3 is 0 Å². The lowest BCUT2D eigenvalue weighted by Crippen LogP contribution is -2.07. The zero-order valence-corrected chi connectivity index (χ0v) is 9.92. The summed E-state index contributed by atoms with van der Waals surface area (Å²) in [6.45, 7) is 2.99. The van der Waals surface area contributed by atoms with E-state index in [9.17, 15) is 0 Å². The molecule has 17 heavy (non-hydrogen) atoms. The SMILES string of the molecule is CCOCc1nc(NC)cc(-n2cccn2)n1. The highest BCUT2D eigenvalue weighted by atomic mass is 16.5. The average molecular weight is 233 g/mol. The summed E-state index contributed by atoms with van der Waals surface area (Å²) in [5.41, 5.74) is 0. The molecule has 0 radical (unpaired) electrons. The van der Waals surface area contributed by atoms with E-state index in [4.69, 9.17) is 4.74 Å². The van der Waals surface area contributed by atoms with Crippen molar-refractivity contribution < 1.29 is 4.74 Å². The van der Waals surface area contributed by atoms with Crippen molar-refractivity contribution in [2.45, 2.75) is 13.5 Å². The van der Waals surface area contributed by atoms with Crippen LogP contribution in [0, 0.1) is 0 Å². The zero-order chi connectivity index (χ0) is 12.1. The molecule has 6 heteroatoms. The van der Waals surface area contributed by atoms with Crippen molar-refractivity contribution in [3.8, 4) is 5.82 Å². The number of aromatic nitrogens is 4. The van der Waals surface area contributed by atoms with E-state index in [0.29, 0.717) is 19.0 Å². The molecule has 0 aliphatic carbocycles. The summed E-state index contributed by atoms with van der Waals surface area (Å²) in [7, 11) is 1.82. The summed E-state index contributed by atoms with van der Waals surface area (Å²) in [6, 6.07) is 3.69. The lowest BCUT2D eigenvalue weighted by molar-refractivity contribution is 0.128. The first-order chi connectivity index (χ1) is 8.33. The van der Waals surface area contributed by atoms with E-state index in [-0.39, 0.29) is 0 Å². The minimum atomic E-state index is 0.403. The fourth-order valence-electron chi connectivity index (χ4n) is 1.39. The van der Waals surface area contributed by atoms with Crippen LogP contribution < -0.4 is 5.32 Å². The summed E-state index contributed by atoms with van der Waals surface area (Å²) in [4.78, 5) is 8.70. The predicted molar refractivity (Wildman–Crippen MR) is 64.0 cm³/mol. The van der Waals surface area contributed by atoms with Gasteiger partial charge in [0.05, 0.1) is 0 Å². The smallest absolute Gasteiger partial charge is 0.159 e.